The summed E-state index contributed by atoms with van der Waals surface area (Å²) in [5.74, 6) is 2.38. The van der Waals surface area contributed by atoms with Crippen LogP contribution in [0.3, 0.4) is 0 Å². The number of hydrogen-bond acceptors (Lipinski definition) is 2. The Balaban J connectivity index is 1.65. The average Bonchev–Trinajstić information content (AvgIpc) is 2.67. The summed E-state index contributed by atoms with van der Waals surface area (Å²) in [7, 11) is 0. The van der Waals surface area contributed by atoms with Crippen LogP contribution in [-0.4, -0.2) is 23.1 Å². The van der Waals surface area contributed by atoms with E-state index in [2.05, 4.69) is 30.9 Å². The molecular weight excluding hydrogens is 214 g/mol. The summed E-state index contributed by atoms with van der Waals surface area (Å²) >= 11 is 2.14. The van der Waals surface area contributed by atoms with Crippen molar-refractivity contribution in [3.05, 3.63) is 0 Å². The van der Waals surface area contributed by atoms with Gasteiger partial charge < -0.3 is 5.32 Å². The van der Waals surface area contributed by atoms with Crippen LogP contribution in [-0.2, 0) is 0 Å². The first-order valence-corrected chi connectivity index (χ1v) is 8.20. The van der Waals surface area contributed by atoms with Gasteiger partial charge in [0.1, 0.15) is 0 Å². The van der Waals surface area contributed by atoms with Crippen LogP contribution in [0.2, 0.25) is 0 Å². The van der Waals surface area contributed by atoms with E-state index in [9.17, 15) is 0 Å². The van der Waals surface area contributed by atoms with Gasteiger partial charge in [0, 0.05) is 23.1 Å². The summed E-state index contributed by atoms with van der Waals surface area (Å²) in [6, 6.07) is 1.65. The van der Waals surface area contributed by atoms with Gasteiger partial charge in [0.15, 0.2) is 0 Å². The summed E-state index contributed by atoms with van der Waals surface area (Å²) in [5.41, 5.74) is 0. The lowest BCUT2D eigenvalue weighted by molar-refractivity contribution is 0.265. The number of rotatable bonds is 4. The molecule has 16 heavy (non-hydrogen) atoms. The van der Waals surface area contributed by atoms with Crippen LogP contribution >= 0.6 is 11.8 Å². The number of thioether (sulfide) groups is 1. The summed E-state index contributed by atoms with van der Waals surface area (Å²) in [6.45, 7) is 4.69. The zero-order valence-corrected chi connectivity index (χ0v) is 11.7. The van der Waals surface area contributed by atoms with Crippen molar-refractivity contribution in [2.45, 2.75) is 76.1 Å². The summed E-state index contributed by atoms with van der Waals surface area (Å²) in [6.07, 6.45) is 10.0. The molecule has 2 aliphatic rings. The Bertz CT molecular complexity index is 199. The van der Waals surface area contributed by atoms with E-state index in [0.717, 1.165) is 23.3 Å². The van der Waals surface area contributed by atoms with Gasteiger partial charge in [-0.25, -0.2) is 0 Å². The molecule has 0 aromatic heterocycles. The molecule has 2 unspecified atom stereocenters. The Hall–Kier alpha value is 0.310. The molecule has 0 aromatic rings. The molecule has 1 saturated heterocycles. The van der Waals surface area contributed by atoms with Gasteiger partial charge in [-0.05, 0) is 38.0 Å². The van der Waals surface area contributed by atoms with Crippen molar-refractivity contribution in [2.75, 3.05) is 5.75 Å². The molecule has 1 aliphatic carbocycles. The van der Waals surface area contributed by atoms with E-state index >= 15 is 0 Å². The zero-order valence-electron chi connectivity index (χ0n) is 10.9. The second-order valence-electron chi connectivity index (χ2n) is 5.75. The maximum absolute atomic E-state index is 3.89. The molecule has 1 saturated carbocycles. The highest BCUT2D eigenvalue weighted by Gasteiger charge is 2.26. The van der Waals surface area contributed by atoms with Crippen LogP contribution in [0.25, 0.3) is 0 Å². The second-order valence-corrected chi connectivity index (χ2v) is 7.22. The van der Waals surface area contributed by atoms with Crippen LogP contribution in [0.4, 0.5) is 0 Å². The van der Waals surface area contributed by atoms with E-state index < -0.39 is 0 Å². The molecule has 94 valence electrons. The molecule has 0 amide bonds. The highest BCUT2D eigenvalue weighted by molar-refractivity contribution is 8.00. The Labute approximate surface area is 105 Å². The van der Waals surface area contributed by atoms with Gasteiger partial charge in [0.2, 0.25) is 0 Å². The Morgan fingerprint density at radius 1 is 1.12 bits per heavy atom. The molecule has 2 rings (SSSR count). The van der Waals surface area contributed by atoms with Crippen molar-refractivity contribution in [3.8, 4) is 0 Å². The fourth-order valence-corrected chi connectivity index (χ4v) is 4.45. The van der Waals surface area contributed by atoms with Crippen molar-refractivity contribution in [1.82, 2.24) is 5.32 Å². The maximum Gasteiger partial charge on any atom is 0.0171 e. The third-order valence-electron chi connectivity index (χ3n) is 4.21. The highest BCUT2D eigenvalue weighted by atomic mass is 32.2. The van der Waals surface area contributed by atoms with Gasteiger partial charge in [0.25, 0.3) is 0 Å². The van der Waals surface area contributed by atoms with E-state index in [1.165, 1.54) is 50.7 Å². The quantitative estimate of drug-likeness (QED) is 0.803. The van der Waals surface area contributed by atoms with Gasteiger partial charge in [-0.1, -0.05) is 26.7 Å². The standard InChI is InChI=1S/C14H27NS/c1-3-4-12-5-7-13(8-6-12)15-14-9-11(2)16-10-14/h11-15H,3-10H2,1-2H3. The van der Waals surface area contributed by atoms with Gasteiger partial charge in [0.05, 0.1) is 0 Å². The first-order valence-electron chi connectivity index (χ1n) is 7.15. The van der Waals surface area contributed by atoms with Crippen molar-refractivity contribution in [1.29, 1.82) is 0 Å². The summed E-state index contributed by atoms with van der Waals surface area (Å²) < 4.78 is 0. The van der Waals surface area contributed by atoms with Crippen molar-refractivity contribution in [3.63, 3.8) is 0 Å². The molecule has 2 atom stereocenters. The van der Waals surface area contributed by atoms with Gasteiger partial charge in [-0.15, -0.1) is 0 Å². The SMILES string of the molecule is CCCC1CCC(NC2CSC(C)C2)CC1. The molecular formula is C14H27NS. The third kappa shape index (κ3) is 3.66. The molecule has 2 heteroatoms. The van der Waals surface area contributed by atoms with E-state index in [1.807, 2.05) is 0 Å². The summed E-state index contributed by atoms with van der Waals surface area (Å²) in [5, 5.41) is 4.77. The first kappa shape index (κ1) is 12.8. The molecule has 0 aromatic carbocycles. The molecule has 0 spiro atoms. The fraction of sp³-hybridized carbons (Fsp3) is 1.00. The second kappa shape index (κ2) is 6.30. The Morgan fingerprint density at radius 2 is 1.88 bits per heavy atom. The maximum atomic E-state index is 3.89. The molecule has 1 N–H and O–H groups in total. The zero-order chi connectivity index (χ0) is 11.4. The Morgan fingerprint density at radius 3 is 2.44 bits per heavy atom. The lowest BCUT2D eigenvalue weighted by Gasteiger charge is -2.31. The summed E-state index contributed by atoms with van der Waals surface area (Å²) in [4.78, 5) is 0. The van der Waals surface area contributed by atoms with Crippen LogP contribution < -0.4 is 5.32 Å². The highest BCUT2D eigenvalue weighted by Crippen LogP contribution is 2.30. The minimum absolute atomic E-state index is 0.813. The van der Waals surface area contributed by atoms with E-state index in [0.29, 0.717) is 0 Å². The third-order valence-corrected chi connectivity index (χ3v) is 5.57. The normalized spacial score (nSPS) is 40.1. The van der Waals surface area contributed by atoms with E-state index in [-0.39, 0.29) is 0 Å². The fourth-order valence-electron chi connectivity index (χ4n) is 3.29. The van der Waals surface area contributed by atoms with E-state index in [1.54, 1.807) is 0 Å². The molecule has 1 nitrogen and oxygen atoms in total. The van der Waals surface area contributed by atoms with Crippen molar-refractivity contribution < 1.29 is 0 Å². The largest absolute Gasteiger partial charge is 0.310 e. The molecule has 0 bridgehead atoms. The van der Waals surface area contributed by atoms with Crippen molar-refractivity contribution in [2.24, 2.45) is 5.92 Å². The smallest absolute Gasteiger partial charge is 0.0171 e. The van der Waals surface area contributed by atoms with Crippen LogP contribution in [0.5, 0.6) is 0 Å². The van der Waals surface area contributed by atoms with Crippen molar-refractivity contribution >= 4 is 11.8 Å². The van der Waals surface area contributed by atoms with Crippen LogP contribution in [0, 0.1) is 5.92 Å². The molecule has 2 fully saturated rings. The predicted octanol–water partition coefficient (Wildman–Crippen LogP) is 3.83. The topological polar surface area (TPSA) is 12.0 Å². The van der Waals surface area contributed by atoms with E-state index in [4.69, 9.17) is 0 Å². The predicted molar refractivity (Wildman–Crippen MR) is 74.1 cm³/mol. The van der Waals surface area contributed by atoms with Gasteiger partial charge in [-0.2, -0.15) is 11.8 Å². The lowest BCUT2D eigenvalue weighted by Crippen LogP contribution is -2.40. The van der Waals surface area contributed by atoms with Gasteiger partial charge >= 0.3 is 0 Å². The minimum Gasteiger partial charge on any atom is -0.310 e. The lowest BCUT2D eigenvalue weighted by atomic mass is 9.83. The molecule has 1 heterocycles. The minimum atomic E-state index is 0.813. The average molecular weight is 241 g/mol. The Kier molecular flexibility index (Phi) is 5.02. The monoisotopic (exact) mass is 241 g/mol. The first-order chi connectivity index (χ1) is 7.78. The van der Waals surface area contributed by atoms with Crippen LogP contribution in [0.15, 0.2) is 0 Å². The molecule has 0 radical (unpaired) electrons. The number of nitrogens with one attached hydrogen (secondary N) is 1. The van der Waals surface area contributed by atoms with Crippen LogP contribution in [0.1, 0.15) is 58.8 Å². The van der Waals surface area contributed by atoms with Gasteiger partial charge in [-0.3, -0.25) is 0 Å². The number of hydrogen-bond donors (Lipinski definition) is 1. The molecule has 1 aliphatic heterocycles.